The highest BCUT2D eigenvalue weighted by Crippen LogP contribution is 2.24. The van der Waals surface area contributed by atoms with Crippen molar-refractivity contribution in [2.45, 2.75) is 52.2 Å². The Balaban J connectivity index is 1.80. The van der Waals surface area contributed by atoms with E-state index in [1.165, 1.54) is 10.4 Å². The van der Waals surface area contributed by atoms with Crippen LogP contribution in [0.15, 0.2) is 11.4 Å². The van der Waals surface area contributed by atoms with E-state index in [9.17, 15) is 4.79 Å². The van der Waals surface area contributed by atoms with E-state index in [-0.39, 0.29) is 11.8 Å². The van der Waals surface area contributed by atoms with Crippen molar-refractivity contribution in [3.63, 3.8) is 0 Å². The van der Waals surface area contributed by atoms with Gasteiger partial charge in [-0.1, -0.05) is 20.3 Å². The van der Waals surface area contributed by atoms with Gasteiger partial charge in [0.15, 0.2) is 0 Å². The summed E-state index contributed by atoms with van der Waals surface area (Å²) in [5.41, 5.74) is 7.41. The first-order chi connectivity index (χ1) is 10.0. The van der Waals surface area contributed by atoms with Gasteiger partial charge in [-0.25, -0.2) is 0 Å². The molecule has 0 saturated carbocycles. The van der Waals surface area contributed by atoms with Gasteiger partial charge in [-0.2, -0.15) is 0 Å². The van der Waals surface area contributed by atoms with Crippen LogP contribution in [0.3, 0.4) is 0 Å². The molecule has 3 N–H and O–H groups in total. The number of carbonyl (C=O) groups is 1. The molecule has 1 aliphatic heterocycles. The Kier molecular flexibility index (Phi) is 5.79. The second-order valence-corrected chi connectivity index (χ2v) is 7.10. The standard InChI is InChI=1S/C16H27N3OS/c1-4-11(2)15(17)16(20)18-9-12(3)19-7-5-14-13(10-19)6-8-21-14/h6,8,11-12,15H,4-5,7,9-10,17H2,1-3H3,(H,18,20). The monoisotopic (exact) mass is 309 g/mol. The summed E-state index contributed by atoms with van der Waals surface area (Å²) >= 11 is 1.85. The molecule has 0 fully saturated rings. The predicted octanol–water partition coefficient (Wildman–Crippen LogP) is 1.98. The van der Waals surface area contributed by atoms with Crippen molar-refractivity contribution < 1.29 is 4.79 Å². The molecule has 5 heteroatoms. The van der Waals surface area contributed by atoms with Crippen LogP contribution in [0.1, 0.15) is 37.6 Å². The van der Waals surface area contributed by atoms with Crippen molar-refractivity contribution in [2.75, 3.05) is 13.1 Å². The summed E-state index contributed by atoms with van der Waals surface area (Å²) in [6, 6.07) is 2.16. The Bertz CT molecular complexity index is 474. The molecule has 1 aliphatic rings. The number of amides is 1. The second kappa shape index (κ2) is 7.38. The number of nitrogens with one attached hydrogen (secondary N) is 1. The van der Waals surface area contributed by atoms with Crippen molar-refractivity contribution >= 4 is 17.2 Å². The molecule has 0 aromatic carbocycles. The maximum absolute atomic E-state index is 12.0. The second-order valence-electron chi connectivity index (χ2n) is 6.09. The first-order valence-corrected chi connectivity index (χ1v) is 8.73. The topological polar surface area (TPSA) is 58.4 Å². The summed E-state index contributed by atoms with van der Waals surface area (Å²) in [6.45, 7) is 8.99. The van der Waals surface area contributed by atoms with Crippen LogP contribution in [-0.2, 0) is 17.8 Å². The van der Waals surface area contributed by atoms with E-state index >= 15 is 0 Å². The number of hydrogen-bond acceptors (Lipinski definition) is 4. The quantitative estimate of drug-likeness (QED) is 0.845. The molecule has 0 aliphatic carbocycles. The van der Waals surface area contributed by atoms with Crippen LogP contribution in [0.25, 0.3) is 0 Å². The van der Waals surface area contributed by atoms with Crippen LogP contribution in [0.5, 0.6) is 0 Å². The zero-order valence-corrected chi connectivity index (χ0v) is 14.1. The highest BCUT2D eigenvalue weighted by Gasteiger charge is 2.23. The lowest BCUT2D eigenvalue weighted by Crippen LogP contribution is -2.49. The Hall–Kier alpha value is -0.910. The average molecular weight is 309 g/mol. The molecule has 3 unspecified atom stereocenters. The summed E-state index contributed by atoms with van der Waals surface area (Å²) in [7, 11) is 0. The molecule has 1 aromatic rings. The van der Waals surface area contributed by atoms with Gasteiger partial charge in [-0.15, -0.1) is 11.3 Å². The van der Waals surface area contributed by atoms with Crippen LogP contribution in [0, 0.1) is 5.92 Å². The number of hydrogen-bond donors (Lipinski definition) is 2. The molecule has 2 heterocycles. The maximum Gasteiger partial charge on any atom is 0.237 e. The smallest absolute Gasteiger partial charge is 0.237 e. The van der Waals surface area contributed by atoms with E-state index in [1.807, 2.05) is 18.3 Å². The summed E-state index contributed by atoms with van der Waals surface area (Å²) < 4.78 is 0. The van der Waals surface area contributed by atoms with Crippen molar-refractivity contribution in [1.29, 1.82) is 0 Å². The lowest BCUT2D eigenvalue weighted by molar-refractivity contribution is -0.123. The fourth-order valence-corrected chi connectivity index (χ4v) is 3.54. The van der Waals surface area contributed by atoms with Gasteiger partial charge in [0.2, 0.25) is 5.91 Å². The number of thiophene rings is 1. The molecule has 0 saturated heterocycles. The number of nitrogens with zero attached hydrogens (tertiary/aromatic N) is 1. The van der Waals surface area contributed by atoms with E-state index < -0.39 is 6.04 Å². The van der Waals surface area contributed by atoms with Crippen molar-refractivity contribution in [2.24, 2.45) is 11.7 Å². The molecule has 21 heavy (non-hydrogen) atoms. The van der Waals surface area contributed by atoms with E-state index in [1.54, 1.807) is 0 Å². The molecular formula is C16H27N3OS. The third-order valence-electron chi connectivity index (χ3n) is 4.59. The Labute approximate surface area is 131 Å². The number of nitrogens with two attached hydrogens (primary N) is 1. The Morgan fingerprint density at radius 3 is 3.00 bits per heavy atom. The zero-order valence-electron chi connectivity index (χ0n) is 13.3. The zero-order chi connectivity index (χ0) is 15.4. The Morgan fingerprint density at radius 1 is 1.52 bits per heavy atom. The first kappa shape index (κ1) is 16.5. The molecular weight excluding hydrogens is 282 g/mol. The third kappa shape index (κ3) is 4.05. The van der Waals surface area contributed by atoms with Crippen LogP contribution in [0.4, 0.5) is 0 Å². The lowest BCUT2D eigenvalue weighted by Gasteiger charge is -2.32. The van der Waals surface area contributed by atoms with E-state index in [0.717, 1.165) is 25.9 Å². The van der Waals surface area contributed by atoms with Gasteiger partial charge in [-0.3, -0.25) is 9.69 Å². The maximum atomic E-state index is 12.0. The first-order valence-electron chi connectivity index (χ1n) is 7.85. The van der Waals surface area contributed by atoms with Crippen molar-refractivity contribution in [1.82, 2.24) is 10.2 Å². The van der Waals surface area contributed by atoms with Crippen molar-refractivity contribution in [3.05, 3.63) is 21.9 Å². The van der Waals surface area contributed by atoms with Gasteiger partial charge in [0.1, 0.15) is 0 Å². The van der Waals surface area contributed by atoms with Crippen LogP contribution < -0.4 is 11.1 Å². The minimum absolute atomic E-state index is 0.0237. The molecule has 1 amide bonds. The van der Waals surface area contributed by atoms with Crippen LogP contribution in [-0.4, -0.2) is 36.0 Å². The van der Waals surface area contributed by atoms with E-state index in [0.29, 0.717) is 12.6 Å². The van der Waals surface area contributed by atoms with Gasteiger partial charge in [0, 0.05) is 30.6 Å². The minimum Gasteiger partial charge on any atom is -0.353 e. The van der Waals surface area contributed by atoms with Crippen LogP contribution >= 0.6 is 11.3 Å². The number of rotatable bonds is 6. The highest BCUT2D eigenvalue weighted by atomic mass is 32.1. The molecule has 0 spiro atoms. The van der Waals surface area contributed by atoms with Gasteiger partial charge in [0.05, 0.1) is 6.04 Å². The number of fused-ring (bicyclic) bond motifs is 1. The largest absolute Gasteiger partial charge is 0.353 e. The molecule has 2 rings (SSSR count). The van der Waals surface area contributed by atoms with Gasteiger partial charge < -0.3 is 11.1 Å². The summed E-state index contributed by atoms with van der Waals surface area (Å²) in [5.74, 6) is 0.202. The fraction of sp³-hybridized carbons (Fsp3) is 0.688. The summed E-state index contributed by atoms with van der Waals surface area (Å²) in [5, 5.41) is 5.18. The van der Waals surface area contributed by atoms with E-state index in [4.69, 9.17) is 5.73 Å². The van der Waals surface area contributed by atoms with Crippen LogP contribution in [0.2, 0.25) is 0 Å². The third-order valence-corrected chi connectivity index (χ3v) is 5.61. The summed E-state index contributed by atoms with van der Waals surface area (Å²) in [6.07, 6.45) is 2.05. The molecule has 118 valence electrons. The molecule has 4 nitrogen and oxygen atoms in total. The SMILES string of the molecule is CCC(C)C(N)C(=O)NCC(C)N1CCc2sccc2C1. The minimum atomic E-state index is -0.396. The fourth-order valence-electron chi connectivity index (χ4n) is 2.65. The normalized spacial score (nSPS) is 19.6. The molecule has 0 bridgehead atoms. The van der Waals surface area contributed by atoms with Crippen molar-refractivity contribution in [3.8, 4) is 0 Å². The van der Waals surface area contributed by atoms with Gasteiger partial charge >= 0.3 is 0 Å². The molecule has 0 radical (unpaired) electrons. The van der Waals surface area contributed by atoms with E-state index in [2.05, 4.69) is 35.5 Å². The summed E-state index contributed by atoms with van der Waals surface area (Å²) in [4.78, 5) is 16.0. The van der Waals surface area contributed by atoms with Gasteiger partial charge in [0.25, 0.3) is 0 Å². The molecule has 1 aromatic heterocycles. The lowest BCUT2D eigenvalue weighted by atomic mass is 9.99. The van der Waals surface area contributed by atoms with Gasteiger partial charge in [-0.05, 0) is 36.3 Å². The highest BCUT2D eigenvalue weighted by molar-refractivity contribution is 7.10. The Morgan fingerprint density at radius 2 is 2.29 bits per heavy atom. The predicted molar refractivity (Wildman–Crippen MR) is 88.3 cm³/mol. The number of carbonyl (C=O) groups excluding carboxylic acids is 1. The average Bonchev–Trinajstić information content (AvgIpc) is 2.97. The molecule has 3 atom stereocenters.